The standard InChI is InChI=1S/C15H27N5S/c1-16-15(17-7-6-14-5-4-10-21-14)18-11-13-12-19(2)8-9-20(13)3/h4-5,10,13H,6-9,11-12H2,1-3H3,(H2,16,17,18). The van der Waals surface area contributed by atoms with Crippen molar-refractivity contribution in [2.75, 3.05) is 53.9 Å². The van der Waals surface area contributed by atoms with E-state index in [0.29, 0.717) is 6.04 Å². The Morgan fingerprint density at radius 2 is 2.24 bits per heavy atom. The predicted molar refractivity (Wildman–Crippen MR) is 91.3 cm³/mol. The maximum atomic E-state index is 4.30. The van der Waals surface area contributed by atoms with Gasteiger partial charge in [-0.1, -0.05) is 6.07 Å². The highest BCUT2D eigenvalue weighted by molar-refractivity contribution is 7.09. The van der Waals surface area contributed by atoms with Crippen LogP contribution < -0.4 is 10.6 Å². The second-order valence-corrected chi connectivity index (χ2v) is 6.64. The average molecular weight is 309 g/mol. The Bertz CT molecular complexity index is 431. The molecule has 0 bridgehead atoms. The topological polar surface area (TPSA) is 42.9 Å². The molecule has 1 aromatic heterocycles. The van der Waals surface area contributed by atoms with Crippen molar-refractivity contribution in [3.05, 3.63) is 22.4 Å². The molecule has 1 aromatic rings. The molecule has 0 aliphatic carbocycles. The molecule has 1 aliphatic heterocycles. The van der Waals surface area contributed by atoms with E-state index in [-0.39, 0.29) is 0 Å². The van der Waals surface area contributed by atoms with Gasteiger partial charge < -0.3 is 15.5 Å². The molecule has 21 heavy (non-hydrogen) atoms. The van der Waals surface area contributed by atoms with Gasteiger partial charge in [-0.2, -0.15) is 0 Å². The van der Waals surface area contributed by atoms with Crippen molar-refractivity contribution in [1.82, 2.24) is 20.4 Å². The van der Waals surface area contributed by atoms with Crippen LogP contribution in [0.3, 0.4) is 0 Å². The van der Waals surface area contributed by atoms with Crippen molar-refractivity contribution in [2.45, 2.75) is 12.5 Å². The van der Waals surface area contributed by atoms with Gasteiger partial charge in [-0.05, 0) is 32.0 Å². The number of nitrogens with one attached hydrogen (secondary N) is 2. The average Bonchev–Trinajstić information content (AvgIpc) is 2.99. The zero-order valence-electron chi connectivity index (χ0n) is 13.3. The number of guanidine groups is 1. The third-order valence-corrected chi connectivity index (χ3v) is 4.89. The Kier molecular flexibility index (Phi) is 6.48. The van der Waals surface area contributed by atoms with Gasteiger partial charge in [0.15, 0.2) is 5.96 Å². The quantitative estimate of drug-likeness (QED) is 0.621. The largest absolute Gasteiger partial charge is 0.356 e. The molecular formula is C15H27N5S. The third kappa shape index (κ3) is 5.30. The fraction of sp³-hybridized carbons (Fsp3) is 0.667. The lowest BCUT2D eigenvalue weighted by molar-refractivity contribution is 0.116. The lowest BCUT2D eigenvalue weighted by Gasteiger charge is -2.37. The number of rotatable bonds is 5. The summed E-state index contributed by atoms with van der Waals surface area (Å²) < 4.78 is 0. The SMILES string of the molecule is CN=C(NCCc1cccs1)NCC1CN(C)CCN1C. The predicted octanol–water partition coefficient (Wildman–Crippen LogP) is 0.701. The number of hydrogen-bond donors (Lipinski definition) is 2. The molecule has 1 unspecified atom stereocenters. The molecule has 2 heterocycles. The number of nitrogens with zero attached hydrogens (tertiary/aromatic N) is 3. The summed E-state index contributed by atoms with van der Waals surface area (Å²) in [7, 11) is 6.22. The van der Waals surface area contributed by atoms with Crippen LogP contribution >= 0.6 is 11.3 Å². The third-order valence-electron chi connectivity index (χ3n) is 3.95. The smallest absolute Gasteiger partial charge is 0.191 e. The molecule has 1 saturated heterocycles. The van der Waals surface area contributed by atoms with E-state index in [0.717, 1.165) is 45.1 Å². The van der Waals surface area contributed by atoms with Gasteiger partial charge in [0.25, 0.3) is 0 Å². The van der Waals surface area contributed by atoms with Crippen molar-refractivity contribution >= 4 is 17.3 Å². The van der Waals surface area contributed by atoms with Crippen LogP contribution in [-0.2, 0) is 6.42 Å². The second-order valence-electron chi connectivity index (χ2n) is 5.61. The molecule has 0 aromatic carbocycles. The summed E-state index contributed by atoms with van der Waals surface area (Å²) in [4.78, 5) is 10.5. The van der Waals surface area contributed by atoms with Crippen molar-refractivity contribution in [1.29, 1.82) is 0 Å². The highest BCUT2D eigenvalue weighted by Crippen LogP contribution is 2.08. The first-order valence-electron chi connectivity index (χ1n) is 7.54. The molecule has 1 aliphatic rings. The summed E-state index contributed by atoms with van der Waals surface area (Å²) in [6.45, 7) is 5.24. The minimum atomic E-state index is 0.541. The number of thiophene rings is 1. The first-order chi connectivity index (χ1) is 10.2. The fourth-order valence-electron chi connectivity index (χ4n) is 2.52. The summed E-state index contributed by atoms with van der Waals surface area (Å²) in [6.07, 6.45) is 1.05. The van der Waals surface area contributed by atoms with E-state index >= 15 is 0 Å². The van der Waals surface area contributed by atoms with E-state index < -0.39 is 0 Å². The fourth-order valence-corrected chi connectivity index (χ4v) is 3.22. The molecule has 0 amide bonds. The lowest BCUT2D eigenvalue weighted by Crippen LogP contribution is -2.55. The Labute approximate surface area is 132 Å². The van der Waals surface area contributed by atoms with Crippen molar-refractivity contribution in [3.63, 3.8) is 0 Å². The molecule has 6 heteroatoms. The maximum Gasteiger partial charge on any atom is 0.191 e. The van der Waals surface area contributed by atoms with E-state index in [4.69, 9.17) is 0 Å². The van der Waals surface area contributed by atoms with Gasteiger partial charge in [0.1, 0.15) is 0 Å². The first-order valence-corrected chi connectivity index (χ1v) is 8.42. The highest BCUT2D eigenvalue weighted by atomic mass is 32.1. The summed E-state index contributed by atoms with van der Waals surface area (Å²) in [5.74, 6) is 0.896. The molecule has 118 valence electrons. The molecule has 0 saturated carbocycles. The number of piperazine rings is 1. The molecule has 0 spiro atoms. The minimum Gasteiger partial charge on any atom is -0.356 e. The Hall–Kier alpha value is -1.11. The normalized spacial score (nSPS) is 21.5. The van der Waals surface area contributed by atoms with Gasteiger partial charge in [-0.15, -0.1) is 11.3 Å². The van der Waals surface area contributed by atoms with Gasteiger partial charge in [-0.3, -0.25) is 9.89 Å². The molecule has 1 fully saturated rings. The highest BCUT2D eigenvalue weighted by Gasteiger charge is 2.21. The van der Waals surface area contributed by atoms with Crippen LogP contribution in [0.25, 0.3) is 0 Å². The molecule has 2 rings (SSSR count). The van der Waals surface area contributed by atoms with E-state index in [9.17, 15) is 0 Å². The molecule has 1 atom stereocenters. The van der Waals surface area contributed by atoms with Crippen LogP contribution in [0, 0.1) is 0 Å². The molecule has 5 nitrogen and oxygen atoms in total. The molecule has 2 N–H and O–H groups in total. The molecule has 0 radical (unpaired) electrons. The zero-order valence-corrected chi connectivity index (χ0v) is 14.1. The maximum absolute atomic E-state index is 4.30. The van der Waals surface area contributed by atoms with Gasteiger partial charge in [0.2, 0.25) is 0 Å². The summed E-state index contributed by atoms with van der Waals surface area (Å²) >= 11 is 1.81. The monoisotopic (exact) mass is 309 g/mol. The Balaban J connectivity index is 1.69. The van der Waals surface area contributed by atoms with Crippen LogP contribution in [0.15, 0.2) is 22.5 Å². The zero-order chi connectivity index (χ0) is 15.1. The number of aliphatic imine (C=N–C) groups is 1. The van der Waals surface area contributed by atoms with Crippen molar-refractivity contribution in [2.24, 2.45) is 4.99 Å². The van der Waals surface area contributed by atoms with E-state index in [1.165, 1.54) is 4.88 Å². The molecular weight excluding hydrogens is 282 g/mol. The van der Waals surface area contributed by atoms with E-state index in [1.54, 1.807) is 11.3 Å². The Morgan fingerprint density at radius 3 is 2.95 bits per heavy atom. The van der Waals surface area contributed by atoms with Crippen LogP contribution in [0.2, 0.25) is 0 Å². The summed E-state index contributed by atoms with van der Waals surface area (Å²) in [6, 6.07) is 4.82. The van der Waals surface area contributed by atoms with Gasteiger partial charge >= 0.3 is 0 Å². The number of hydrogen-bond acceptors (Lipinski definition) is 4. The van der Waals surface area contributed by atoms with Crippen LogP contribution in [-0.4, -0.2) is 75.7 Å². The first kappa shape index (κ1) is 16.3. The van der Waals surface area contributed by atoms with E-state index in [1.807, 2.05) is 7.05 Å². The van der Waals surface area contributed by atoms with Crippen LogP contribution in [0.4, 0.5) is 0 Å². The van der Waals surface area contributed by atoms with Crippen molar-refractivity contribution in [3.8, 4) is 0 Å². The van der Waals surface area contributed by atoms with E-state index in [2.05, 4.69) is 57.0 Å². The summed E-state index contributed by atoms with van der Waals surface area (Å²) in [5.41, 5.74) is 0. The van der Waals surface area contributed by atoms with Crippen LogP contribution in [0.1, 0.15) is 4.88 Å². The van der Waals surface area contributed by atoms with Crippen molar-refractivity contribution < 1.29 is 0 Å². The van der Waals surface area contributed by atoms with Gasteiger partial charge in [-0.25, -0.2) is 0 Å². The summed E-state index contributed by atoms with van der Waals surface area (Å²) in [5, 5.41) is 8.95. The minimum absolute atomic E-state index is 0.541. The van der Waals surface area contributed by atoms with Gasteiger partial charge in [0.05, 0.1) is 0 Å². The van der Waals surface area contributed by atoms with Crippen LogP contribution in [0.5, 0.6) is 0 Å². The van der Waals surface area contributed by atoms with Gasteiger partial charge in [0, 0.05) is 50.7 Å². The number of likely N-dealkylation sites (N-methyl/N-ethyl adjacent to an activating group) is 2. The Morgan fingerprint density at radius 1 is 1.38 bits per heavy atom. The lowest BCUT2D eigenvalue weighted by atomic mass is 10.2. The second kappa shape index (κ2) is 8.36.